The van der Waals surface area contributed by atoms with Crippen LogP contribution in [0.5, 0.6) is 5.75 Å². The van der Waals surface area contributed by atoms with Gasteiger partial charge >= 0.3 is 0 Å². The van der Waals surface area contributed by atoms with E-state index in [9.17, 15) is 9.59 Å². The molecule has 1 amide bonds. The van der Waals surface area contributed by atoms with Crippen molar-refractivity contribution in [1.82, 2.24) is 15.1 Å². The SMILES string of the molecule is O=Cc1ccccc1OCC(=O)NCCc1cnn(-c2ccccc2)c1. The molecule has 6 heteroatoms. The van der Waals surface area contributed by atoms with E-state index in [1.807, 2.05) is 36.5 Å². The molecular formula is C20H19N3O3. The Morgan fingerprint density at radius 1 is 1.12 bits per heavy atom. The molecule has 0 fully saturated rings. The summed E-state index contributed by atoms with van der Waals surface area (Å²) in [5.74, 6) is 0.169. The van der Waals surface area contributed by atoms with Crippen molar-refractivity contribution in [1.29, 1.82) is 0 Å². The average Bonchev–Trinajstić information content (AvgIpc) is 3.16. The first-order valence-electron chi connectivity index (χ1n) is 8.29. The first-order chi connectivity index (χ1) is 12.8. The van der Waals surface area contributed by atoms with Crippen LogP contribution in [-0.4, -0.2) is 35.1 Å². The van der Waals surface area contributed by atoms with Gasteiger partial charge in [0.05, 0.1) is 17.4 Å². The molecule has 26 heavy (non-hydrogen) atoms. The zero-order valence-electron chi connectivity index (χ0n) is 14.2. The Morgan fingerprint density at radius 2 is 1.88 bits per heavy atom. The molecule has 0 saturated carbocycles. The maximum atomic E-state index is 11.9. The average molecular weight is 349 g/mol. The number of hydrogen-bond acceptors (Lipinski definition) is 4. The smallest absolute Gasteiger partial charge is 0.257 e. The van der Waals surface area contributed by atoms with E-state index in [0.717, 1.165) is 11.3 Å². The van der Waals surface area contributed by atoms with Gasteiger partial charge in [0.2, 0.25) is 0 Å². The van der Waals surface area contributed by atoms with Crippen molar-refractivity contribution in [2.24, 2.45) is 0 Å². The minimum Gasteiger partial charge on any atom is -0.483 e. The van der Waals surface area contributed by atoms with E-state index in [2.05, 4.69) is 10.4 Å². The summed E-state index contributed by atoms with van der Waals surface area (Å²) in [6.07, 6.45) is 5.11. The molecule has 0 unspecified atom stereocenters. The summed E-state index contributed by atoms with van der Waals surface area (Å²) in [5.41, 5.74) is 2.44. The molecule has 0 aliphatic heterocycles. The van der Waals surface area contributed by atoms with E-state index in [4.69, 9.17) is 4.74 Å². The minimum atomic E-state index is -0.235. The lowest BCUT2D eigenvalue weighted by Gasteiger charge is -2.08. The van der Waals surface area contributed by atoms with E-state index in [0.29, 0.717) is 30.6 Å². The van der Waals surface area contributed by atoms with Crippen LogP contribution in [0.15, 0.2) is 67.0 Å². The van der Waals surface area contributed by atoms with Crippen LogP contribution >= 0.6 is 0 Å². The van der Waals surface area contributed by atoms with Crippen LogP contribution in [0.3, 0.4) is 0 Å². The number of benzene rings is 2. The summed E-state index contributed by atoms with van der Waals surface area (Å²) in [4.78, 5) is 22.8. The van der Waals surface area contributed by atoms with Crippen molar-refractivity contribution in [3.63, 3.8) is 0 Å². The highest BCUT2D eigenvalue weighted by Crippen LogP contribution is 2.15. The van der Waals surface area contributed by atoms with Gasteiger partial charge in [-0.25, -0.2) is 4.68 Å². The summed E-state index contributed by atoms with van der Waals surface area (Å²) in [7, 11) is 0. The quantitative estimate of drug-likeness (QED) is 0.634. The van der Waals surface area contributed by atoms with E-state index >= 15 is 0 Å². The zero-order chi connectivity index (χ0) is 18.2. The lowest BCUT2D eigenvalue weighted by Crippen LogP contribution is -2.30. The molecule has 0 aliphatic rings. The molecular weight excluding hydrogens is 330 g/mol. The molecule has 0 saturated heterocycles. The predicted octanol–water partition coefficient (Wildman–Crippen LogP) is 2.42. The molecule has 0 spiro atoms. The number of carbonyl (C=O) groups is 2. The van der Waals surface area contributed by atoms with Crippen LogP contribution in [0.2, 0.25) is 0 Å². The van der Waals surface area contributed by atoms with Crippen LogP contribution in [0.4, 0.5) is 0 Å². The van der Waals surface area contributed by atoms with Gasteiger partial charge in [0, 0.05) is 12.7 Å². The lowest BCUT2D eigenvalue weighted by molar-refractivity contribution is -0.123. The number of carbonyl (C=O) groups excluding carboxylic acids is 2. The fourth-order valence-corrected chi connectivity index (χ4v) is 2.46. The van der Waals surface area contributed by atoms with Crippen molar-refractivity contribution >= 4 is 12.2 Å². The van der Waals surface area contributed by atoms with Crippen molar-refractivity contribution in [2.45, 2.75) is 6.42 Å². The number of para-hydroxylation sites is 2. The molecule has 3 aromatic rings. The third kappa shape index (κ3) is 4.57. The third-order valence-electron chi connectivity index (χ3n) is 3.80. The second-order valence-corrected chi connectivity index (χ2v) is 5.67. The van der Waals surface area contributed by atoms with Crippen molar-refractivity contribution in [3.05, 3.63) is 78.1 Å². The van der Waals surface area contributed by atoms with Crippen LogP contribution in [0.1, 0.15) is 15.9 Å². The monoisotopic (exact) mass is 349 g/mol. The summed E-state index contributed by atoms with van der Waals surface area (Å²) >= 11 is 0. The fraction of sp³-hybridized carbons (Fsp3) is 0.150. The summed E-state index contributed by atoms with van der Waals surface area (Å²) in [6.45, 7) is 0.353. The Hall–Kier alpha value is -3.41. The highest BCUT2D eigenvalue weighted by molar-refractivity contribution is 5.80. The van der Waals surface area contributed by atoms with Gasteiger partial charge < -0.3 is 10.1 Å². The van der Waals surface area contributed by atoms with Gasteiger partial charge in [-0.1, -0.05) is 30.3 Å². The van der Waals surface area contributed by atoms with Crippen LogP contribution in [0.25, 0.3) is 5.69 Å². The maximum Gasteiger partial charge on any atom is 0.257 e. The Kier molecular flexibility index (Phi) is 5.77. The summed E-state index contributed by atoms with van der Waals surface area (Å²) in [5, 5.41) is 7.12. The normalized spacial score (nSPS) is 10.3. The topological polar surface area (TPSA) is 73.2 Å². The number of aldehydes is 1. The fourth-order valence-electron chi connectivity index (χ4n) is 2.46. The molecule has 6 nitrogen and oxygen atoms in total. The van der Waals surface area contributed by atoms with Crippen LogP contribution in [0, 0.1) is 0 Å². The summed E-state index contributed by atoms with van der Waals surface area (Å²) in [6, 6.07) is 16.6. The second-order valence-electron chi connectivity index (χ2n) is 5.67. The number of ether oxygens (including phenoxy) is 1. The standard InChI is InChI=1S/C20H19N3O3/c24-14-17-6-4-5-9-19(17)26-15-20(25)21-11-10-16-12-22-23(13-16)18-7-2-1-3-8-18/h1-9,12-14H,10-11,15H2,(H,21,25). The Bertz CT molecular complexity index is 875. The number of hydrogen-bond donors (Lipinski definition) is 1. The molecule has 3 rings (SSSR count). The van der Waals surface area contributed by atoms with E-state index < -0.39 is 0 Å². The molecule has 1 N–H and O–H groups in total. The van der Waals surface area contributed by atoms with E-state index in [-0.39, 0.29) is 12.5 Å². The number of nitrogens with one attached hydrogen (secondary N) is 1. The molecule has 1 aromatic heterocycles. The Labute approximate surface area is 151 Å². The van der Waals surface area contributed by atoms with Gasteiger partial charge in [0.1, 0.15) is 5.75 Å². The molecule has 1 heterocycles. The van der Waals surface area contributed by atoms with Crippen LogP contribution < -0.4 is 10.1 Å². The highest BCUT2D eigenvalue weighted by atomic mass is 16.5. The molecule has 0 aliphatic carbocycles. The zero-order valence-corrected chi connectivity index (χ0v) is 14.2. The summed E-state index contributed by atoms with van der Waals surface area (Å²) < 4.78 is 7.20. The Balaban J connectivity index is 1.44. The molecule has 0 atom stereocenters. The first-order valence-corrected chi connectivity index (χ1v) is 8.29. The largest absolute Gasteiger partial charge is 0.483 e. The van der Waals surface area contributed by atoms with Crippen molar-refractivity contribution in [2.75, 3.05) is 13.2 Å². The molecule has 132 valence electrons. The van der Waals surface area contributed by atoms with Gasteiger partial charge in [0.25, 0.3) is 5.91 Å². The van der Waals surface area contributed by atoms with Gasteiger partial charge in [-0.15, -0.1) is 0 Å². The van der Waals surface area contributed by atoms with E-state index in [1.54, 1.807) is 35.1 Å². The highest BCUT2D eigenvalue weighted by Gasteiger charge is 2.06. The molecule has 0 bridgehead atoms. The minimum absolute atomic E-state index is 0.131. The molecule has 2 aromatic carbocycles. The van der Waals surface area contributed by atoms with Gasteiger partial charge in [0.15, 0.2) is 12.9 Å². The van der Waals surface area contributed by atoms with Crippen molar-refractivity contribution in [3.8, 4) is 11.4 Å². The van der Waals surface area contributed by atoms with Gasteiger partial charge in [-0.3, -0.25) is 9.59 Å². The van der Waals surface area contributed by atoms with Crippen molar-refractivity contribution < 1.29 is 14.3 Å². The number of rotatable bonds is 8. The lowest BCUT2D eigenvalue weighted by atomic mass is 10.2. The van der Waals surface area contributed by atoms with Gasteiger partial charge in [-0.2, -0.15) is 5.10 Å². The first kappa shape index (κ1) is 17.4. The number of amides is 1. The van der Waals surface area contributed by atoms with Gasteiger partial charge in [-0.05, 0) is 36.2 Å². The van der Waals surface area contributed by atoms with E-state index in [1.165, 1.54) is 0 Å². The third-order valence-corrected chi connectivity index (χ3v) is 3.80. The maximum absolute atomic E-state index is 11.9. The predicted molar refractivity (Wildman–Crippen MR) is 97.6 cm³/mol. The second kappa shape index (κ2) is 8.62. The van der Waals surface area contributed by atoms with Crippen LogP contribution in [-0.2, 0) is 11.2 Å². The number of aromatic nitrogens is 2. The Morgan fingerprint density at radius 3 is 2.69 bits per heavy atom. The number of nitrogens with zero attached hydrogens (tertiary/aromatic N) is 2. The molecule has 0 radical (unpaired) electrons.